The minimum Gasteiger partial charge on any atom is -0.481 e. The summed E-state index contributed by atoms with van der Waals surface area (Å²) in [5.74, 6) is -1.34. The fourth-order valence-corrected chi connectivity index (χ4v) is 4.18. The average molecular weight is 513 g/mol. The van der Waals surface area contributed by atoms with Crippen molar-refractivity contribution >= 4 is 23.7 Å². The van der Waals surface area contributed by atoms with E-state index in [2.05, 4.69) is 5.32 Å². The maximum atomic E-state index is 14.1. The van der Waals surface area contributed by atoms with E-state index in [1.807, 2.05) is 42.5 Å². The van der Waals surface area contributed by atoms with Gasteiger partial charge in [0.15, 0.2) is 0 Å². The molecule has 1 amide bonds. The number of ether oxygens (including phenoxy) is 1. The van der Waals surface area contributed by atoms with Gasteiger partial charge in [0.2, 0.25) is 0 Å². The number of halogens is 2. The predicted molar refractivity (Wildman–Crippen MR) is 138 cm³/mol. The number of hydrogen-bond acceptors (Lipinski definition) is 4. The summed E-state index contributed by atoms with van der Waals surface area (Å²) < 4.78 is 19.3. The molecule has 0 heterocycles. The normalized spacial score (nSPS) is 13.4. The monoisotopic (exact) mass is 512 g/mol. The molecule has 0 bridgehead atoms. The molecule has 0 saturated heterocycles. The quantitative estimate of drug-likeness (QED) is 0.301. The third-order valence-electron chi connectivity index (χ3n) is 6.08. The Morgan fingerprint density at radius 2 is 1.78 bits per heavy atom. The van der Waals surface area contributed by atoms with Crippen LogP contribution in [0, 0.1) is 11.2 Å². The smallest absolute Gasteiger partial charge is 0.407 e. The van der Waals surface area contributed by atoms with Crippen molar-refractivity contribution in [2.24, 2.45) is 11.1 Å². The number of carbonyl (C=O) groups excluding carboxylic acids is 1. The summed E-state index contributed by atoms with van der Waals surface area (Å²) in [5, 5.41) is 12.9. The van der Waals surface area contributed by atoms with Crippen molar-refractivity contribution in [3.63, 3.8) is 0 Å². The molecule has 3 aromatic carbocycles. The summed E-state index contributed by atoms with van der Waals surface area (Å²) in [6.07, 6.45) is 0.261. The second kappa shape index (κ2) is 12.5. The third kappa shape index (κ3) is 7.80. The number of amides is 1. The van der Waals surface area contributed by atoms with E-state index in [4.69, 9.17) is 22.1 Å². The SMILES string of the molecule is C[C@@](CCNC(=O)OCc1ccccc1)(C[C@H](N)Cc1ccc(-c2cc(Cl)ccc2F)cc1)C(=O)O. The first-order valence-electron chi connectivity index (χ1n) is 11.6. The lowest BCUT2D eigenvalue weighted by Gasteiger charge is -2.28. The third-order valence-corrected chi connectivity index (χ3v) is 6.31. The van der Waals surface area contributed by atoms with Crippen LogP contribution in [-0.4, -0.2) is 29.8 Å². The lowest BCUT2D eigenvalue weighted by Crippen LogP contribution is -2.39. The molecular weight excluding hydrogens is 483 g/mol. The standard InChI is InChI=1S/C28H30ClFN2O4/c1-28(26(33)34,13-14-32-27(35)36-18-20-5-3-2-4-6-20)17-23(31)15-19-7-9-21(10-8-19)24-16-22(29)11-12-25(24)30/h2-12,16,23H,13-15,17-18,31H2,1H3,(H,32,35)(H,33,34)/t23-,28-/m1/s1. The molecule has 0 aliphatic carbocycles. The Hall–Kier alpha value is -3.42. The van der Waals surface area contributed by atoms with Crippen LogP contribution in [0.2, 0.25) is 5.02 Å². The Bertz CT molecular complexity index is 1170. The fraction of sp³-hybridized carbons (Fsp3) is 0.286. The Balaban J connectivity index is 1.51. The van der Waals surface area contributed by atoms with Crippen molar-refractivity contribution in [3.05, 3.63) is 94.8 Å². The van der Waals surface area contributed by atoms with Crippen LogP contribution in [0.5, 0.6) is 0 Å². The zero-order valence-corrected chi connectivity index (χ0v) is 20.8. The minimum absolute atomic E-state index is 0.135. The molecule has 0 fully saturated rings. The molecular formula is C28H30ClFN2O4. The van der Waals surface area contributed by atoms with Crippen molar-refractivity contribution in [1.29, 1.82) is 0 Å². The Morgan fingerprint density at radius 1 is 1.08 bits per heavy atom. The maximum Gasteiger partial charge on any atom is 0.407 e. The van der Waals surface area contributed by atoms with E-state index in [-0.39, 0.29) is 31.8 Å². The maximum absolute atomic E-state index is 14.1. The lowest BCUT2D eigenvalue weighted by atomic mass is 9.79. The molecule has 8 heteroatoms. The van der Waals surface area contributed by atoms with E-state index < -0.39 is 23.5 Å². The highest BCUT2D eigenvalue weighted by atomic mass is 35.5. The van der Waals surface area contributed by atoms with Crippen LogP contribution < -0.4 is 11.1 Å². The fourth-order valence-electron chi connectivity index (χ4n) is 4.00. The zero-order chi connectivity index (χ0) is 26.1. The van der Waals surface area contributed by atoms with Gasteiger partial charge in [0.25, 0.3) is 0 Å². The second-order valence-corrected chi connectivity index (χ2v) is 9.53. The number of nitrogens with two attached hydrogens (primary N) is 1. The van der Waals surface area contributed by atoms with Crippen molar-refractivity contribution in [1.82, 2.24) is 5.32 Å². The zero-order valence-electron chi connectivity index (χ0n) is 20.0. The molecule has 4 N–H and O–H groups in total. The number of benzene rings is 3. The molecule has 0 aliphatic rings. The van der Waals surface area contributed by atoms with Crippen LogP contribution >= 0.6 is 11.6 Å². The van der Waals surface area contributed by atoms with Crippen molar-refractivity contribution < 1.29 is 23.8 Å². The average Bonchev–Trinajstić information content (AvgIpc) is 2.85. The first kappa shape index (κ1) is 27.2. The van der Waals surface area contributed by atoms with Crippen LogP contribution in [-0.2, 0) is 22.6 Å². The van der Waals surface area contributed by atoms with Gasteiger partial charge >= 0.3 is 12.1 Å². The molecule has 6 nitrogen and oxygen atoms in total. The van der Waals surface area contributed by atoms with Crippen LogP contribution in [0.4, 0.5) is 9.18 Å². The van der Waals surface area contributed by atoms with E-state index in [0.29, 0.717) is 22.6 Å². The topological polar surface area (TPSA) is 102 Å². The molecule has 0 radical (unpaired) electrons. The van der Waals surface area contributed by atoms with E-state index >= 15 is 0 Å². The van der Waals surface area contributed by atoms with E-state index in [1.54, 1.807) is 25.1 Å². The summed E-state index contributed by atoms with van der Waals surface area (Å²) >= 11 is 5.99. The van der Waals surface area contributed by atoms with Gasteiger partial charge in [-0.2, -0.15) is 0 Å². The molecule has 2 atom stereocenters. The number of aliphatic carboxylic acids is 1. The van der Waals surface area contributed by atoms with Crippen molar-refractivity contribution in [2.45, 2.75) is 38.8 Å². The summed E-state index contributed by atoms with van der Waals surface area (Å²) in [6.45, 7) is 1.90. The second-order valence-electron chi connectivity index (χ2n) is 9.09. The number of carboxylic acids is 1. The van der Waals surface area contributed by atoms with Gasteiger partial charge in [-0.1, -0.05) is 66.2 Å². The molecule has 0 spiro atoms. The molecule has 0 aromatic heterocycles. The van der Waals surface area contributed by atoms with Crippen molar-refractivity contribution in [2.75, 3.05) is 6.54 Å². The van der Waals surface area contributed by atoms with Gasteiger partial charge in [-0.05, 0) is 61.1 Å². The largest absolute Gasteiger partial charge is 0.481 e. The summed E-state index contributed by atoms with van der Waals surface area (Å²) in [6, 6.07) is 20.5. The number of carboxylic acid groups (broad SMARTS) is 1. The highest BCUT2D eigenvalue weighted by Crippen LogP contribution is 2.29. The molecule has 0 saturated carbocycles. The minimum atomic E-state index is -1.13. The molecule has 0 unspecified atom stereocenters. The van der Waals surface area contributed by atoms with Gasteiger partial charge in [0.1, 0.15) is 12.4 Å². The van der Waals surface area contributed by atoms with Gasteiger partial charge in [-0.3, -0.25) is 4.79 Å². The van der Waals surface area contributed by atoms with Crippen molar-refractivity contribution in [3.8, 4) is 11.1 Å². The number of rotatable bonds is 11. The number of hydrogen-bond donors (Lipinski definition) is 3. The summed E-state index contributed by atoms with van der Waals surface area (Å²) in [4.78, 5) is 24.0. The summed E-state index contributed by atoms with van der Waals surface area (Å²) in [7, 11) is 0. The molecule has 3 aromatic rings. The predicted octanol–water partition coefficient (Wildman–Crippen LogP) is 5.81. The first-order valence-corrected chi connectivity index (χ1v) is 12.0. The highest BCUT2D eigenvalue weighted by molar-refractivity contribution is 6.30. The Morgan fingerprint density at radius 3 is 2.44 bits per heavy atom. The molecule has 3 rings (SSSR count). The van der Waals surface area contributed by atoms with E-state index in [0.717, 1.165) is 11.1 Å². The lowest BCUT2D eigenvalue weighted by molar-refractivity contribution is -0.149. The van der Waals surface area contributed by atoms with E-state index in [1.165, 1.54) is 12.1 Å². The van der Waals surface area contributed by atoms with E-state index in [9.17, 15) is 19.1 Å². The van der Waals surface area contributed by atoms with Gasteiger partial charge in [0, 0.05) is 23.2 Å². The first-order chi connectivity index (χ1) is 17.2. The Labute approximate surface area is 215 Å². The van der Waals surface area contributed by atoms with Gasteiger partial charge in [-0.15, -0.1) is 0 Å². The van der Waals surface area contributed by atoms with Crippen LogP contribution in [0.15, 0.2) is 72.8 Å². The number of alkyl carbamates (subject to hydrolysis) is 1. The highest BCUT2D eigenvalue weighted by Gasteiger charge is 2.34. The van der Waals surface area contributed by atoms with Crippen LogP contribution in [0.25, 0.3) is 11.1 Å². The van der Waals surface area contributed by atoms with Gasteiger partial charge in [0.05, 0.1) is 5.41 Å². The van der Waals surface area contributed by atoms with Gasteiger partial charge < -0.3 is 20.9 Å². The van der Waals surface area contributed by atoms with Gasteiger partial charge in [-0.25, -0.2) is 9.18 Å². The van der Waals surface area contributed by atoms with Crippen LogP contribution in [0.3, 0.4) is 0 Å². The molecule has 0 aliphatic heterocycles. The van der Waals surface area contributed by atoms with Crippen LogP contribution in [0.1, 0.15) is 30.9 Å². The Kier molecular flexibility index (Phi) is 9.44. The molecule has 36 heavy (non-hydrogen) atoms. The summed E-state index contributed by atoms with van der Waals surface area (Å²) in [5.41, 5.74) is 8.05. The number of nitrogens with one attached hydrogen (secondary N) is 1. The number of carbonyl (C=O) groups is 2. The molecule has 190 valence electrons.